The Balaban J connectivity index is 1.61. The number of rotatable bonds is 8. The van der Waals surface area contributed by atoms with Gasteiger partial charge in [0.05, 0.1) is 14.2 Å². The molecule has 1 aromatic heterocycles. The van der Waals surface area contributed by atoms with Crippen molar-refractivity contribution in [2.24, 2.45) is 0 Å². The smallest absolute Gasteiger partial charge is 0.270 e. The second kappa shape index (κ2) is 9.54. The Labute approximate surface area is 170 Å². The highest BCUT2D eigenvalue weighted by Crippen LogP contribution is 2.27. The van der Waals surface area contributed by atoms with E-state index in [1.54, 1.807) is 26.5 Å². The summed E-state index contributed by atoms with van der Waals surface area (Å²) in [6.45, 7) is 2.94. The molecule has 7 nitrogen and oxygen atoms in total. The van der Waals surface area contributed by atoms with Crippen molar-refractivity contribution in [3.8, 4) is 11.5 Å². The van der Waals surface area contributed by atoms with Crippen molar-refractivity contribution in [3.05, 3.63) is 77.1 Å². The number of hydrogen-bond acceptors (Lipinski definition) is 6. The van der Waals surface area contributed by atoms with E-state index in [9.17, 15) is 4.79 Å². The summed E-state index contributed by atoms with van der Waals surface area (Å²) in [7, 11) is 3.19. The van der Waals surface area contributed by atoms with E-state index in [-0.39, 0.29) is 5.91 Å². The van der Waals surface area contributed by atoms with E-state index in [4.69, 9.17) is 9.47 Å². The molecule has 0 saturated heterocycles. The second-order valence-electron chi connectivity index (χ2n) is 6.48. The molecule has 3 rings (SSSR count). The average molecular weight is 392 g/mol. The molecule has 3 aromatic rings. The number of amides is 1. The Morgan fingerprint density at radius 3 is 2.52 bits per heavy atom. The average Bonchev–Trinajstić information content (AvgIpc) is 2.76. The normalized spacial score (nSPS) is 10.3. The molecule has 0 saturated carbocycles. The lowest BCUT2D eigenvalue weighted by Crippen LogP contribution is -2.24. The van der Waals surface area contributed by atoms with Crippen LogP contribution in [0.3, 0.4) is 0 Å². The minimum atomic E-state index is -0.247. The maximum atomic E-state index is 12.4. The fourth-order valence-corrected chi connectivity index (χ4v) is 2.84. The quantitative estimate of drug-likeness (QED) is 0.612. The Morgan fingerprint density at radius 1 is 0.966 bits per heavy atom. The van der Waals surface area contributed by atoms with Crippen molar-refractivity contribution in [1.82, 2.24) is 15.3 Å². The largest absolute Gasteiger partial charge is 0.493 e. The van der Waals surface area contributed by atoms with Crippen LogP contribution < -0.4 is 20.1 Å². The lowest BCUT2D eigenvalue weighted by molar-refractivity contribution is 0.0946. The number of methoxy groups -OCH3 is 2. The molecule has 0 bridgehead atoms. The molecule has 0 spiro atoms. The molecule has 0 atom stereocenters. The van der Waals surface area contributed by atoms with E-state index in [0.717, 1.165) is 16.7 Å². The molecule has 0 radical (unpaired) electrons. The fourth-order valence-electron chi connectivity index (χ4n) is 2.84. The predicted molar refractivity (Wildman–Crippen MR) is 111 cm³/mol. The number of nitrogens with one attached hydrogen (secondary N) is 2. The van der Waals surface area contributed by atoms with Crippen molar-refractivity contribution in [3.63, 3.8) is 0 Å². The van der Waals surface area contributed by atoms with Crippen molar-refractivity contribution in [2.45, 2.75) is 20.0 Å². The van der Waals surface area contributed by atoms with Crippen LogP contribution in [-0.2, 0) is 13.1 Å². The van der Waals surface area contributed by atoms with Crippen LogP contribution in [-0.4, -0.2) is 30.1 Å². The summed E-state index contributed by atoms with van der Waals surface area (Å²) >= 11 is 0. The zero-order valence-corrected chi connectivity index (χ0v) is 16.7. The van der Waals surface area contributed by atoms with Crippen molar-refractivity contribution < 1.29 is 14.3 Å². The van der Waals surface area contributed by atoms with Gasteiger partial charge in [-0.2, -0.15) is 0 Å². The van der Waals surface area contributed by atoms with Crippen molar-refractivity contribution in [2.75, 3.05) is 19.5 Å². The first kappa shape index (κ1) is 20.1. The Bertz CT molecular complexity index is 991. The molecule has 0 aliphatic rings. The molecule has 2 N–H and O–H groups in total. The van der Waals surface area contributed by atoms with Gasteiger partial charge < -0.3 is 20.1 Å². The number of carbonyl (C=O) groups is 1. The summed E-state index contributed by atoms with van der Waals surface area (Å²) in [5.74, 6) is 1.45. The minimum absolute atomic E-state index is 0.247. The zero-order chi connectivity index (χ0) is 20.6. The third-order valence-electron chi connectivity index (χ3n) is 4.32. The maximum absolute atomic E-state index is 12.4. The van der Waals surface area contributed by atoms with Gasteiger partial charge in [0.15, 0.2) is 11.5 Å². The number of hydrogen-bond donors (Lipinski definition) is 2. The fraction of sp³-hybridized carbons (Fsp3) is 0.227. The third-order valence-corrected chi connectivity index (χ3v) is 4.32. The summed E-state index contributed by atoms with van der Waals surface area (Å²) < 4.78 is 10.6. The number of anilines is 1. The van der Waals surface area contributed by atoms with E-state index in [2.05, 4.69) is 20.6 Å². The monoisotopic (exact) mass is 392 g/mol. The van der Waals surface area contributed by atoms with E-state index in [0.29, 0.717) is 36.2 Å². The van der Waals surface area contributed by atoms with Gasteiger partial charge in [0.2, 0.25) is 5.95 Å². The van der Waals surface area contributed by atoms with Crippen LogP contribution in [0.4, 0.5) is 5.95 Å². The van der Waals surface area contributed by atoms with Crippen molar-refractivity contribution in [1.29, 1.82) is 0 Å². The number of ether oxygens (including phenoxy) is 2. The van der Waals surface area contributed by atoms with Gasteiger partial charge in [-0.05, 0) is 36.2 Å². The first-order valence-corrected chi connectivity index (χ1v) is 9.20. The number of nitrogens with zero attached hydrogens (tertiary/aromatic N) is 2. The van der Waals surface area contributed by atoms with Gasteiger partial charge in [0.1, 0.15) is 5.69 Å². The zero-order valence-electron chi connectivity index (χ0n) is 16.7. The van der Waals surface area contributed by atoms with Crippen LogP contribution in [0.15, 0.2) is 54.7 Å². The number of aromatic nitrogens is 2. The van der Waals surface area contributed by atoms with Crippen LogP contribution >= 0.6 is 0 Å². The lowest BCUT2D eigenvalue weighted by Gasteiger charge is -2.11. The van der Waals surface area contributed by atoms with E-state index < -0.39 is 0 Å². The number of aryl methyl sites for hydroxylation is 1. The molecule has 7 heteroatoms. The van der Waals surface area contributed by atoms with E-state index in [1.807, 2.05) is 49.4 Å². The number of benzene rings is 2. The summed E-state index contributed by atoms with van der Waals surface area (Å²) in [5, 5.41) is 6.01. The van der Waals surface area contributed by atoms with E-state index in [1.165, 1.54) is 0 Å². The molecule has 0 fully saturated rings. The first-order chi connectivity index (χ1) is 14.1. The van der Waals surface area contributed by atoms with Crippen molar-refractivity contribution >= 4 is 11.9 Å². The summed E-state index contributed by atoms with van der Waals surface area (Å²) in [6, 6.07) is 15.2. The van der Waals surface area contributed by atoms with E-state index >= 15 is 0 Å². The molecule has 2 aromatic carbocycles. The lowest BCUT2D eigenvalue weighted by atomic mass is 10.1. The van der Waals surface area contributed by atoms with Gasteiger partial charge >= 0.3 is 0 Å². The van der Waals surface area contributed by atoms with Gasteiger partial charge in [0, 0.05) is 19.3 Å². The van der Waals surface area contributed by atoms with Gasteiger partial charge in [-0.3, -0.25) is 4.79 Å². The molecular weight excluding hydrogens is 368 g/mol. The number of carbonyl (C=O) groups excluding carboxylic acids is 1. The molecule has 0 aliphatic carbocycles. The van der Waals surface area contributed by atoms with Crippen LogP contribution in [0.5, 0.6) is 11.5 Å². The summed E-state index contributed by atoms with van der Waals surface area (Å²) in [5.41, 5.74) is 3.47. The predicted octanol–water partition coefficient (Wildman–Crippen LogP) is 3.34. The van der Waals surface area contributed by atoms with Crippen LogP contribution in [0.25, 0.3) is 0 Å². The SMILES string of the molecule is COc1ccc(CNc2nccc(C(=O)NCc3cccc(C)c3)n2)cc1OC. The Morgan fingerprint density at radius 2 is 1.76 bits per heavy atom. The highest BCUT2D eigenvalue weighted by atomic mass is 16.5. The van der Waals surface area contributed by atoms with Gasteiger partial charge in [-0.1, -0.05) is 35.9 Å². The van der Waals surface area contributed by atoms with Gasteiger partial charge in [-0.25, -0.2) is 9.97 Å². The summed E-state index contributed by atoms with van der Waals surface area (Å²) in [4.78, 5) is 20.9. The molecule has 150 valence electrons. The molecule has 0 aliphatic heterocycles. The topological polar surface area (TPSA) is 85.4 Å². The van der Waals surface area contributed by atoms with Gasteiger partial charge in [0.25, 0.3) is 5.91 Å². The second-order valence-corrected chi connectivity index (χ2v) is 6.48. The molecule has 1 amide bonds. The Kier molecular flexibility index (Phi) is 6.63. The molecule has 1 heterocycles. The van der Waals surface area contributed by atoms with Crippen LogP contribution in [0.2, 0.25) is 0 Å². The highest BCUT2D eigenvalue weighted by molar-refractivity contribution is 5.92. The third kappa shape index (κ3) is 5.44. The first-order valence-electron chi connectivity index (χ1n) is 9.20. The highest BCUT2D eigenvalue weighted by Gasteiger charge is 2.09. The Hall–Kier alpha value is -3.61. The van der Waals surface area contributed by atoms with Gasteiger partial charge in [-0.15, -0.1) is 0 Å². The van der Waals surface area contributed by atoms with Crippen LogP contribution in [0, 0.1) is 6.92 Å². The minimum Gasteiger partial charge on any atom is -0.493 e. The molecule has 0 unspecified atom stereocenters. The standard InChI is InChI=1S/C22H24N4O3/c1-15-5-4-6-16(11-15)13-24-21(27)18-9-10-23-22(26-18)25-14-17-7-8-19(28-2)20(12-17)29-3/h4-12H,13-14H2,1-3H3,(H,24,27)(H,23,25,26). The summed E-state index contributed by atoms with van der Waals surface area (Å²) in [6.07, 6.45) is 1.56. The molecular formula is C22H24N4O3. The van der Waals surface area contributed by atoms with Crippen LogP contribution in [0.1, 0.15) is 27.2 Å². The maximum Gasteiger partial charge on any atom is 0.270 e. The molecule has 29 heavy (non-hydrogen) atoms.